The second-order valence-electron chi connectivity index (χ2n) is 5.76. The average molecular weight is 331 g/mol. The van der Waals surface area contributed by atoms with Crippen LogP contribution >= 0.6 is 12.2 Å². The zero-order chi connectivity index (χ0) is 16.5. The Bertz CT molecular complexity index is 543. The van der Waals surface area contributed by atoms with Gasteiger partial charge in [0.15, 0.2) is 5.11 Å². The van der Waals surface area contributed by atoms with Crippen LogP contribution < -0.4 is 15.6 Å². The quantitative estimate of drug-likeness (QED) is 0.375. The summed E-state index contributed by atoms with van der Waals surface area (Å²) >= 11 is 5.12. The second kappa shape index (κ2) is 9.30. The molecular formula is C18H26N4S. The van der Waals surface area contributed by atoms with Crippen LogP contribution in [0.1, 0.15) is 38.2 Å². The van der Waals surface area contributed by atoms with Gasteiger partial charge >= 0.3 is 0 Å². The lowest BCUT2D eigenvalue weighted by molar-refractivity contribution is 0.726. The first-order chi connectivity index (χ1) is 11.2. The maximum Gasteiger partial charge on any atom is 0.187 e. The number of rotatable bonds is 5. The molecule has 1 aromatic carbocycles. The summed E-state index contributed by atoms with van der Waals surface area (Å²) in [7, 11) is 0. The fraction of sp³-hybridized carbons (Fsp3) is 0.444. The third kappa shape index (κ3) is 5.67. The van der Waals surface area contributed by atoms with Gasteiger partial charge in [-0.2, -0.15) is 5.10 Å². The third-order valence-corrected chi connectivity index (χ3v) is 4.22. The van der Waals surface area contributed by atoms with Crippen molar-refractivity contribution in [3.63, 3.8) is 0 Å². The van der Waals surface area contributed by atoms with Gasteiger partial charge < -0.3 is 10.2 Å². The standard InChI is InChI=1S/C18H26N4S/c1-3-12-19-18(23)21-20-15(2)16-8-10-17(11-9-16)22-13-6-4-5-7-14-22/h3,8-11H,1,4-7,12-14H2,2H3,(H2,19,21,23)/b20-15-. The van der Waals surface area contributed by atoms with E-state index in [1.54, 1.807) is 6.08 Å². The molecule has 0 spiro atoms. The molecule has 23 heavy (non-hydrogen) atoms. The van der Waals surface area contributed by atoms with E-state index in [4.69, 9.17) is 12.2 Å². The number of thiocarbonyl (C=S) groups is 1. The van der Waals surface area contributed by atoms with Crippen LogP contribution in [-0.2, 0) is 0 Å². The van der Waals surface area contributed by atoms with E-state index < -0.39 is 0 Å². The highest BCUT2D eigenvalue weighted by Crippen LogP contribution is 2.20. The Morgan fingerprint density at radius 3 is 2.48 bits per heavy atom. The average Bonchev–Trinajstić information content (AvgIpc) is 2.87. The Morgan fingerprint density at radius 2 is 1.87 bits per heavy atom. The van der Waals surface area contributed by atoms with Gasteiger partial charge in [0.2, 0.25) is 0 Å². The van der Waals surface area contributed by atoms with Gasteiger partial charge in [-0.05, 0) is 49.7 Å². The van der Waals surface area contributed by atoms with Crippen LogP contribution in [0.2, 0.25) is 0 Å². The summed E-state index contributed by atoms with van der Waals surface area (Å²) in [4.78, 5) is 2.48. The van der Waals surface area contributed by atoms with E-state index >= 15 is 0 Å². The Hall–Kier alpha value is -1.88. The molecule has 0 amide bonds. The van der Waals surface area contributed by atoms with Crippen LogP contribution in [0.25, 0.3) is 0 Å². The highest BCUT2D eigenvalue weighted by molar-refractivity contribution is 7.80. The topological polar surface area (TPSA) is 39.7 Å². The fourth-order valence-electron chi connectivity index (χ4n) is 2.65. The molecule has 1 aromatic rings. The molecule has 5 heteroatoms. The molecule has 4 nitrogen and oxygen atoms in total. The molecule has 0 aliphatic carbocycles. The van der Waals surface area contributed by atoms with E-state index in [0.29, 0.717) is 11.7 Å². The number of hydrogen-bond acceptors (Lipinski definition) is 3. The summed E-state index contributed by atoms with van der Waals surface area (Å²) in [5.41, 5.74) is 6.17. The summed E-state index contributed by atoms with van der Waals surface area (Å²) < 4.78 is 0. The molecule has 1 fully saturated rings. The molecule has 1 aliphatic rings. The minimum atomic E-state index is 0.505. The zero-order valence-corrected chi connectivity index (χ0v) is 14.7. The van der Waals surface area contributed by atoms with Crippen molar-refractivity contribution in [3.8, 4) is 0 Å². The lowest BCUT2D eigenvalue weighted by Crippen LogP contribution is -2.32. The van der Waals surface area contributed by atoms with Crippen molar-refractivity contribution in [2.45, 2.75) is 32.6 Å². The zero-order valence-electron chi connectivity index (χ0n) is 13.8. The maximum absolute atomic E-state index is 5.12. The molecule has 2 N–H and O–H groups in total. The van der Waals surface area contributed by atoms with Crippen molar-refractivity contribution < 1.29 is 0 Å². The first-order valence-electron chi connectivity index (χ1n) is 8.25. The smallest absolute Gasteiger partial charge is 0.187 e. The van der Waals surface area contributed by atoms with Gasteiger partial charge in [-0.3, -0.25) is 5.43 Å². The molecule has 1 saturated heterocycles. The van der Waals surface area contributed by atoms with Crippen molar-refractivity contribution in [2.75, 3.05) is 24.5 Å². The molecule has 124 valence electrons. The lowest BCUT2D eigenvalue weighted by atomic mass is 10.1. The van der Waals surface area contributed by atoms with E-state index in [1.807, 2.05) is 6.92 Å². The van der Waals surface area contributed by atoms with Gasteiger partial charge in [0, 0.05) is 25.3 Å². The molecule has 0 unspecified atom stereocenters. The normalized spacial score (nSPS) is 15.7. The van der Waals surface area contributed by atoms with E-state index in [-0.39, 0.29) is 0 Å². The second-order valence-corrected chi connectivity index (χ2v) is 6.16. The van der Waals surface area contributed by atoms with Crippen LogP contribution in [-0.4, -0.2) is 30.5 Å². The number of benzene rings is 1. The molecule has 0 saturated carbocycles. The number of nitrogens with one attached hydrogen (secondary N) is 2. The molecule has 0 bridgehead atoms. The summed E-state index contributed by atoms with van der Waals surface area (Å²) in [6.07, 6.45) is 7.05. The Balaban J connectivity index is 1.95. The summed E-state index contributed by atoms with van der Waals surface area (Å²) in [6, 6.07) is 8.63. The number of hydrazone groups is 1. The van der Waals surface area contributed by atoms with Crippen LogP contribution in [0.15, 0.2) is 42.0 Å². The largest absolute Gasteiger partial charge is 0.372 e. The predicted octanol–water partition coefficient (Wildman–Crippen LogP) is 3.44. The number of nitrogens with zero attached hydrogens (tertiary/aromatic N) is 2. The van der Waals surface area contributed by atoms with Gasteiger partial charge in [-0.25, -0.2) is 0 Å². The molecule has 0 aromatic heterocycles. The summed E-state index contributed by atoms with van der Waals surface area (Å²) in [6.45, 7) is 8.57. The van der Waals surface area contributed by atoms with Crippen molar-refractivity contribution >= 4 is 28.7 Å². The Morgan fingerprint density at radius 1 is 1.22 bits per heavy atom. The van der Waals surface area contributed by atoms with E-state index in [9.17, 15) is 0 Å². The first-order valence-corrected chi connectivity index (χ1v) is 8.66. The van der Waals surface area contributed by atoms with Crippen molar-refractivity contribution in [3.05, 3.63) is 42.5 Å². The molecule has 2 rings (SSSR count). The van der Waals surface area contributed by atoms with Crippen LogP contribution in [0.4, 0.5) is 5.69 Å². The maximum atomic E-state index is 5.12. The van der Waals surface area contributed by atoms with E-state index in [2.05, 4.69) is 51.6 Å². The van der Waals surface area contributed by atoms with Gasteiger partial charge in [0.1, 0.15) is 0 Å². The van der Waals surface area contributed by atoms with Crippen molar-refractivity contribution in [1.29, 1.82) is 0 Å². The Labute approximate surface area is 144 Å². The van der Waals surface area contributed by atoms with Crippen molar-refractivity contribution in [2.24, 2.45) is 5.10 Å². The lowest BCUT2D eigenvalue weighted by Gasteiger charge is -2.22. The third-order valence-electron chi connectivity index (χ3n) is 3.99. The summed E-state index contributed by atoms with van der Waals surface area (Å²) in [5, 5.41) is 7.81. The van der Waals surface area contributed by atoms with E-state index in [1.165, 1.54) is 31.4 Å². The van der Waals surface area contributed by atoms with Crippen molar-refractivity contribution in [1.82, 2.24) is 10.7 Å². The first kappa shape index (κ1) is 17.5. The SMILES string of the molecule is C=CCNC(=S)N/N=C(/C)c1ccc(N2CCCCCC2)cc1. The van der Waals surface area contributed by atoms with Gasteiger partial charge in [-0.15, -0.1) is 6.58 Å². The fourth-order valence-corrected chi connectivity index (χ4v) is 2.77. The highest BCUT2D eigenvalue weighted by atomic mass is 32.1. The van der Waals surface area contributed by atoms with Crippen LogP contribution in [0.5, 0.6) is 0 Å². The minimum absolute atomic E-state index is 0.505. The predicted molar refractivity (Wildman–Crippen MR) is 103 cm³/mol. The monoisotopic (exact) mass is 330 g/mol. The van der Waals surface area contributed by atoms with Crippen LogP contribution in [0.3, 0.4) is 0 Å². The number of anilines is 1. The van der Waals surface area contributed by atoms with E-state index in [0.717, 1.165) is 24.4 Å². The molecule has 1 aliphatic heterocycles. The molecular weight excluding hydrogens is 304 g/mol. The molecule has 0 atom stereocenters. The summed E-state index contributed by atoms with van der Waals surface area (Å²) in [5.74, 6) is 0. The Kier molecular flexibility index (Phi) is 7.07. The minimum Gasteiger partial charge on any atom is -0.372 e. The molecule has 1 heterocycles. The van der Waals surface area contributed by atoms with Gasteiger partial charge in [0.05, 0.1) is 5.71 Å². The van der Waals surface area contributed by atoms with Gasteiger partial charge in [-0.1, -0.05) is 31.1 Å². The number of hydrogen-bond donors (Lipinski definition) is 2. The highest BCUT2D eigenvalue weighted by Gasteiger charge is 2.09. The molecule has 0 radical (unpaired) electrons. The van der Waals surface area contributed by atoms with Gasteiger partial charge in [0.25, 0.3) is 0 Å². The van der Waals surface area contributed by atoms with Crippen LogP contribution in [0, 0.1) is 0 Å².